The van der Waals surface area contributed by atoms with E-state index in [0.717, 1.165) is 20.3 Å². The maximum absolute atomic E-state index is 13.9. The lowest BCUT2D eigenvalue weighted by Crippen LogP contribution is -2.28. The molecule has 2 aromatic carbocycles. The van der Waals surface area contributed by atoms with Crippen molar-refractivity contribution in [2.75, 3.05) is 0 Å². The standard InChI is InChI=1S/C15H12BrFN2S/c16-12-7-8-20-15(12)14(19-18)11-5-6-13(17)10-4-2-1-3-9(10)11/h1-8,14,19H,18H2. The van der Waals surface area contributed by atoms with E-state index in [2.05, 4.69) is 21.4 Å². The lowest BCUT2D eigenvalue weighted by molar-refractivity contribution is 0.631. The van der Waals surface area contributed by atoms with Gasteiger partial charge >= 0.3 is 0 Å². The zero-order valence-electron chi connectivity index (χ0n) is 10.4. The van der Waals surface area contributed by atoms with Crippen LogP contribution in [0.5, 0.6) is 0 Å². The molecule has 1 heterocycles. The summed E-state index contributed by atoms with van der Waals surface area (Å²) in [6, 6.07) is 12.5. The summed E-state index contributed by atoms with van der Waals surface area (Å²) in [6.45, 7) is 0. The number of thiophene rings is 1. The van der Waals surface area contributed by atoms with Gasteiger partial charge in [-0.05, 0) is 44.4 Å². The van der Waals surface area contributed by atoms with Crippen LogP contribution in [0.3, 0.4) is 0 Å². The van der Waals surface area contributed by atoms with Gasteiger partial charge in [-0.1, -0.05) is 30.3 Å². The van der Waals surface area contributed by atoms with Crippen LogP contribution in [0, 0.1) is 5.82 Å². The monoisotopic (exact) mass is 350 g/mol. The van der Waals surface area contributed by atoms with Gasteiger partial charge in [-0.25, -0.2) is 9.82 Å². The number of hydrogen-bond acceptors (Lipinski definition) is 3. The Labute approximate surface area is 128 Å². The van der Waals surface area contributed by atoms with Crippen molar-refractivity contribution < 1.29 is 4.39 Å². The van der Waals surface area contributed by atoms with E-state index in [0.29, 0.717) is 5.39 Å². The Morgan fingerprint density at radius 1 is 1.10 bits per heavy atom. The molecule has 0 aliphatic heterocycles. The summed E-state index contributed by atoms with van der Waals surface area (Å²) in [5.74, 6) is 5.52. The van der Waals surface area contributed by atoms with Gasteiger partial charge in [0.05, 0.1) is 6.04 Å². The Kier molecular flexibility index (Phi) is 3.85. The van der Waals surface area contributed by atoms with Crippen molar-refractivity contribution in [1.82, 2.24) is 5.43 Å². The molecule has 5 heteroatoms. The minimum Gasteiger partial charge on any atom is -0.271 e. The van der Waals surface area contributed by atoms with Crippen molar-refractivity contribution in [3.63, 3.8) is 0 Å². The normalized spacial score (nSPS) is 12.8. The molecule has 0 aliphatic rings. The van der Waals surface area contributed by atoms with Crippen LogP contribution >= 0.6 is 27.3 Å². The summed E-state index contributed by atoms with van der Waals surface area (Å²) < 4.78 is 14.9. The lowest BCUT2D eigenvalue weighted by atomic mass is 9.98. The maximum Gasteiger partial charge on any atom is 0.131 e. The first-order chi connectivity index (χ1) is 9.72. The summed E-state index contributed by atoms with van der Waals surface area (Å²) in [5.41, 5.74) is 3.80. The molecule has 0 fully saturated rings. The number of hydrazine groups is 1. The Hall–Kier alpha value is -1.27. The van der Waals surface area contributed by atoms with Gasteiger partial charge in [0.2, 0.25) is 0 Å². The number of nitrogens with two attached hydrogens (primary N) is 1. The SMILES string of the molecule is NNC(c1sccc1Br)c1ccc(F)c2ccccc12. The van der Waals surface area contributed by atoms with Gasteiger partial charge in [0.15, 0.2) is 0 Å². The van der Waals surface area contributed by atoms with Crippen LogP contribution < -0.4 is 11.3 Å². The van der Waals surface area contributed by atoms with Crippen LogP contribution in [0.4, 0.5) is 4.39 Å². The molecule has 3 rings (SSSR count). The summed E-state index contributed by atoms with van der Waals surface area (Å²) in [5, 5.41) is 3.48. The quantitative estimate of drug-likeness (QED) is 0.544. The average Bonchev–Trinajstić information content (AvgIpc) is 2.89. The van der Waals surface area contributed by atoms with Gasteiger partial charge in [0.1, 0.15) is 5.82 Å². The molecule has 0 aliphatic carbocycles. The molecule has 1 aromatic heterocycles. The average molecular weight is 351 g/mol. The van der Waals surface area contributed by atoms with Gasteiger partial charge in [0, 0.05) is 14.7 Å². The van der Waals surface area contributed by atoms with E-state index in [1.165, 1.54) is 6.07 Å². The Morgan fingerprint density at radius 3 is 2.50 bits per heavy atom. The van der Waals surface area contributed by atoms with Crippen molar-refractivity contribution >= 4 is 38.0 Å². The Morgan fingerprint density at radius 2 is 1.85 bits per heavy atom. The molecule has 0 saturated heterocycles. The molecular weight excluding hydrogens is 339 g/mol. The topological polar surface area (TPSA) is 38.0 Å². The first kappa shape index (κ1) is 13.7. The molecule has 1 atom stereocenters. The highest BCUT2D eigenvalue weighted by molar-refractivity contribution is 9.10. The molecule has 102 valence electrons. The van der Waals surface area contributed by atoms with Crippen LogP contribution in [0.15, 0.2) is 52.3 Å². The predicted molar refractivity (Wildman–Crippen MR) is 85.1 cm³/mol. The number of rotatable bonds is 3. The minimum atomic E-state index is -0.217. The van der Waals surface area contributed by atoms with Crippen LogP contribution in [0.1, 0.15) is 16.5 Å². The molecule has 0 radical (unpaired) electrons. The van der Waals surface area contributed by atoms with Gasteiger partial charge in [-0.2, -0.15) is 0 Å². The fourth-order valence-corrected chi connectivity index (χ4v) is 4.03. The van der Waals surface area contributed by atoms with E-state index in [-0.39, 0.29) is 11.9 Å². The summed E-state index contributed by atoms with van der Waals surface area (Å²) in [7, 11) is 0. The fourth-order valence-electron chi connectivity index (χ4n) is 2.36. The molecule has 3 aromatic rings. The highest BCUT2D eigenvalue weighted by Crippen LogP contribution is 2.36. The van der Waals surface area contributed by atoms with E-state index in [1.54, 1.807) is 23.5 Å². The van der Waals surface area contributed by atoms with E-state index < -0.39 is 0 Å². The smallest absolute Gasteiger partial charge is 0.131 e. The number of halogens is 2. The Balaban J connectivity index is 2.23. The first-order valence-corrected chi connectivity index (χ1v) is 7.76. The summed E-state index contributed by atoms with van der Waals surface area (Å²) in [6.07, 6.45) is 0. The first-order valence-electron chi connectivity index (χ1n) is 6.08. The van der Waals surface area contributed by atoms with Crippen molar-refractivity contribution in [2.24, 2.45) is 5.84 Å². The zero-order chi connectivity index (χ0) is 14.1. The molecule has 0 bridgehead atoms. The largest absolute Gasteiger partial charge is 0.271 e. The predicted octanol–water partition coefficient (Wildman–Crippen LogP) is 4.36. The van der Waals surface area contributed by atoms with Gasteiger partial charge in [-0.3, -0.25) is 5.84 Å². The molecule has 0 saturated carbocycles. The second-order valence-corrected chi connectivity index (χ2v) is 6.22. The third kappa shape index (κ3) is 2.27. The van der Waals surface area contributed by atoms with Crippen molar-refractivity contribution in [2.45, 2.75) is 6.04 Å². The molecular formula is C15H12BrFN2S. The fraction of sp³-hybridized carbons (Fsp3) is 0.0667. The molecule has 3 N–H and O–H groups in total. The van der Waals surface area contributed by atoms with E-state index >= 15 is 0 Å². The van der Waals surface area contributed by atoms with E-state index in [1.807, 2.05) is 29.6 Å². The number of fused-ring (bicyclic) bond motifs is 1. The third-order valence-electron chi connectivity index (χ3n) is 3.29. The van der Waals surface area contributed by atoms with Gasteiger partial charge in [0.25, 0.3) is 0 Å². The van der Waals surface area contributed by atoms with Crippen LogP contribution in [-0.2, 0) is 0 Å². The summed E-state index contributed by atoms with van der Waals surface area (Å²) >= 11 is 5.13. The molecule has 0 spiro atoms. The van der Waals surface area contributed by atoms with Crippen LogP contribution in [-0.4, -0.2) is 0 Å². The molecule has 0 amide bonds. The second-order valence-electron chi connectivity index (χ2n) is 4.41. The number of hydrogen-bond donors (Lipinski definition) is 2. The highest BCUT2D eigenvalue weighted by atomic mass is 79.9. The van der Waals surface area contributed by atoms with E-state index in [4.69, 9.17) is 5.84 Å². The molecule has 2 nitrogen and oxygen atoms in total. The van der Waals surface area contributed by atoms with Crippen LogP contribution in [0.2, 0.25) is 0 Å². The zero-order valence-corrected chi connectivity index (χ0v) is 12.8. The van der Waals surface area contributed by atoms with Gasteiger partial charge < -0.3 is 0 Å². The lowest BCUT2D eigenvalue weighted by Gasteiger charge is -2.18. The molecule has 20 heavy (non-hydrogen) atoms. The third-order valence-corrected chi connectivity index (χ3v) is 5.22. The number of benzene rings is 2. The summed E-state index contributed by atoms with van der Waals surface area (Å²) in [4.78, 5) is 1.07. The second kappa shape index (κ2) is 5.61. The van der Waals surface area contributed by atoms with Crippen molar-refractivity contribution in [3.8, 4) is 0 Å². The maximum atomic E-state index is 13.9. The number of nitrogens with one attached hydrogen (secondary N) is 1. The highest BCUT2D eigenvalue weighted by Gasteiger charge is 2.19. The van der Waals surface area contributed by atoms with Crippen molar-refractivity contribution in [3.05, 3.63) is 68.6 Å². The Bertz CT molecular complexity index is 756. The van der Waals surface area contributed by atoms with Crippen LogP contribution in [0.25, 0.3) is 10.8 Å². The molecule has 1 unspecified atom stereocenters. The minimum absolute atomic E-state index is 0.171. The van der Waals surface area contributed by atoms with Crippen molar-refractivity contribution in [1.29, 1.82) is 0 Å². The van der Waals surface area contributed by atoms with E-state index in [9.17, 15) is 4.39 Å². The van der Waals surface area contributed by atoms with Gasteiger partial charge in [-0.15, -0.1) is 11.3 Å².